The Morgan fingerprint density at radius 2 is 1.96 bits per heavy atom. The molecule has 124 valence electrons. The zero-order valence-electron chi connectivity index (χ0n) is 13.8. The Kier molecular flexibility index (Phi) is 4.76. The molecule has 0 unspecified atom stereocenters. The van der Waals surface area contributed by atoms with E-state index < -0.39 is 0 Å². The molecule has 0 saturated carbocycles. The molecule has 24 heavy (non-hydrogen) atoms. The minimum Gasteiger partial charge on any atom is -0.460 e. The Bertz CT molecular complexity index is 932. The van der Waals surface area contributed by atoms with Crippen molar-refractivity contribution in [2.24, 2.45) is 10.1 Å². The van der Waals surface area contributed by atoms with E-state index in [0.29, 0.717) is 6.54 Å². The molecule has 4 nitrogen and oxygen atoms in total. The molecule has 0 amide bonds. The van der Waals surface area contributed by atoms with Gasteiger partial charge in [0.1, 0.15) is 23.0 Å². The van der Waals surface area contributed by atoms with Crippen LogP contribution in [0.5, 0.6) is 0 Å². The first-order valence-corrected chi connectivity index (χ1v) is 8.56. The number of halogens is 1. The molecule has 0 N–H and O–H groups in total. The van der Waals surface area contributed by atoms with Crippen LogP contribution in [0.25, 0.3) is 11.3 Å². The van der Waals surface area contributed by atoms with Crippen molar-refractivity contribution in [3.63, 3.8) is 0 Å². The summed E-state index contributed by atoms with van der Waals surface area (Å²) in [5.41, 5.74) is 2.51. The Hall–Kier alpha value is -2.47. The molecule has 0 fully saturated rings. The normalized spacial score (nSPS) is 12.8. The van der Waals surface area contributed by atoms with Crippen LogP contribution >= 0.6 is 11.3 Å². The molecule has 0 atom stereocenters. The van der Waals surface area contributed by atoms with Gasteiger partial charge in [-0.2, -0.15) is 5.10 Å². The van der Waals surface area contributed by atoms with Crippen molar-refractivity contribution >= 4 is 17.0 Å². The molecule has 3 aromatic rings. The average molecular weight is 343 g/mol. The lowest BCUT2D eigenvalue weighted by atomic mass is 10.2. The zero-order valence-corrected chi connectivity index (χ0v) is 14.6. The van der Waals surface area contributed by atoms with E-state index in [1.807, 2.05) is 38.3 Å². The lowest BCUT2D eigenvalue weighted by molar-refractivity contribution is 0.524. The smallest absolute Gasteiger partial charge is 0.206 e. The zero-order chi connectivity index (χ0) is 17.1. The van der Waals surface area contributed by atoms with Crippen LogP contribution in [0.4, 0.5) is 4.39 Å². The van der Waals surface area contributed by atoms with Gasteiger partial charge in [0.05, 0.1) is 5.69 Å². The number of thiazole rings is 1. The van der Waals surface area contributed by atoms with Gasteiger partial charge in [-0.15, -0.1) is 11.3 Å². The average Bonchev–Trinajstić information content (AvgIpc) is 3.16. The maximum Gasteiger partial charge on any atom is 0.206 e. The number of hydrogen-bond donors (Lipinski definition) is 0. The number of hydrogen-bond acceptors (Lipinski definition) is 4. The van der Waals surface area contributed by atoms with Crippen molar-refractivity contribution < 1.29 is 8.81 Å². The standard InChI is InChI=1S/C18H18FN3OS/c1-4-20-18-22(21-13(3)17-10-5-12(2)23-17)16(11-24-18)14-6-8-15(19)9-7-14/h5-11H,4H2,1-3H3. The molecule has 3 rings (SSSR count). The summed E-state index contributed by atoms with van der Waals surface area (Å²) < 4.78 is 20.6. The summed E-state index contributed by atoms with van der Waals surface area (Å²) in [6.07, 6.45) is 0. The van der Waals surface area contributed by atoms with Crippen molar-refractivity contribution in [1.29, 1.82) is 0 Å². The molecule has 0 aliphatic rings. The summed E-state index contributed by atoms with van der Waals surface area (Å²) in [6, 6.07) is 10.2. The van der Waals surface area contributed by atoms with Crippen molar-refractivity contribution in [3.05, 3.63) is 63.9 Å². The molecule has 1 aromatic carbocycles. The van der Waals surface area contributed by atoms with Crippen LogP contribution < -0.4 is 4.80 Å². The SMILES string of the molecule is CCN=c1scc(-c2ccc(F)cc2)n1N=C(C)c1ccc(C)o1. The summed E-state index contributed by atoms with van der Waals surface area (Å²) in [7, 11) is 0. The van der Waals surface area contributed by atoms with E-state index in [4.69, 9.17) is 4.42 Å². The van der Waals surface area contributed by atoms with E-state index in [2.05, 4.69) is 10.1 Å². The van der Waals surface area contributed by atoms with Gasteiger partial charge in [-0.3, -0.25) is 4.99 Å². The topological polar surface area (TPSA) is 42.8 Å². The molecule has 6 heteroatoms. The van der Waals surface area contributed by atoms with E-state index in [0.717, 1.165) is 33.3 Å². The van der Waals surface area contributed by atoms with Crippen LogP contribution in [-0.2, 0) is 0 Å². The highest BCUT2D eigenvalue weighted by Gasteiger charge is 2.10. The second-order valence-corrected chi connectivity index (χ2v) is 6.13. The predicted molar refractivity (Wildman–Crippen MR) is 94.9 cm³/mol. The third-order valence-electron chi connectivity index (χ3n) is 3.47. The summed E-state index contributed by atoms with van der Waals surface area (Å²) in [5.74, 6) is 1.30. The lowest BCUT2D eigenvalue weighted by Crippen LogP contribution is -2.14. The lowest BCUT2D eigenvalue weighted by Gasteiger charge is -2.05. The van der Waals surface area contributed by atoms with Gasteiger partial charge in [-0.05, 0) is 57.2 Å². The Morgan fingerprint density at radius 1 is 1.21 bits per heavy atom. The monoisotopic (exact) mass is 343 g/mol. The van der Waals surface area contributed by atoms with Crippen molar-refractivity contribution in [1.82, 2.24) is 4.68 Å². The second-order valence-electron chi connectivity index (χ2n) is 5.29. The summed E-state index contributed by atoms with van der Waals surface area (Å²) in [5, 5.41) is 6.66. The first-order chi connectivity index (χ1) is 11.6. The third kappa shape index (κ3) is 3.38. The van der Waals surface area contributed by atoms with Gasteiger partial charge in [0, 0.05) is 17.5 Å². The minimum atomic E-state index is -0.259. The van der Waals surface area contributed by atoms with Crippen LogP contribution in [0.3, 0.4) is 0 Å². The molecule has 0 saturated heterocycles. The van der Waals surface area contributed by atoms with Gasteiger partial charge >= 0.3 is 0 Å². The quantitative estimate of drug-likeness (QED) is 0.645. The summed E-state index contributed by atoms with van der Waals surface area (Å²) >= 11 is 1.51. The second kappa shape index (κ2) is 6.97. The highest BCUT2D eigenvalue weighted by atomic mass is 32.1. The number of aryl methyl sites for hydroxylation is 1. The maximum absolute atomic E-state index is 13.2. The van der Waals surface area contributed by atoms with Crippen molar-refractivity contribution in [2.45, 2.75) is 20.8 Å². The third-order valence-corrected chi connectivity index (χ3v) is 4.32. The highest BCUT2D eigenvalue weighted by molar-refractivity contribution is 7.07. The van der Waals surface area contributed by atoms with E-state index in [9.17, 15) is 4.39 Å². The predicted octanol–water partition coefficient (Wildman–Crippen LogP) is 4.45. The molecule has 2 heterocycles. The van der Waals surface area contributed by atoms with Gasteiger partial charge in [-0.1, -0.05) is 0 Å². The Labute approximate surface area is 143 Å². The fourth-order valence-corrected chi connectivity index (χ4v) is 3.18. The van der Waals surface area contributed by atoms with Crippen molar-refractivity contribution in [2.75, 3.05) is 6.54 Å². The van der Waals surface area contributed by atoms with Crippen LogP contribution in [0.15, 0.2) is 56.3 Å². The Balaban J connectivity index is 2.13. The number of furan rings is 1. The molecular weight excluding hydrogens is 325 g/mol. The number of nitrogens with zero attached hydrogens (tertiary/aromatic N) is 3. The van der Waals surface area contributed by atoms with Crippen LogP contribution in [0, 0.1) is 12.7 Å². The maximum atomic E-state index is 13.2. The van der Waals surface area contributed by atoms with E-state index in [1.165, 1.54) is 23.5 Å². The van der Waals surface area contributed by atoms with E-state index in [-0.39, 0.29) is 5.82 Å². The highest BCUT2D eigenvalue weighted by Crippen LogP contribution is 2.21. The summed E-state index contributed by atoms with van der Waals surface area (Å²) in [4.78, 5) is 5.28. The van der Waals surface area contributed by atoms with Crippen LogP contribution in [-0.4, -0.2) is 16.9 Å². The van der Waals surface area contributed by atoms with Gasteiger partial charge in [-0.25, -0.2) is 9.07 Å². The molecule has 0 bridgehead atoms. The molecule has 2 aromatic heterocycles. The number of benzene rings is 1. The van der Waals surface area contributed by atoms with E-state index in [1.54, 1.807) is 16.8 Å². The van der Waals surface area contributed by atoms with Crippen LogP contribution in [0.2, 0.25) is 0 Å². The van der Waals surface area contributed by atoms with Gasteiger partial charge < -0.3 is 4.42 Å². The molecule has 0 aliphatic carbocycles. The fourth-order valence-electron chi connectivity index (χ4n) is 2.29. The largest absolute Gasteiger partial charge is 0.460 e. The molecule has 0 radical (unpaired) electrons. The molecule has 0 spiro atoms. The van der Waals surface area contributed by atoms with Crippen molar-refractivity contribution in [3.8, 4) is 11.3 Å². The first-order valence-electron chi connectivity index (χ1n) is 7.68. The number of aromatic nitrogens is 1. The first kappa shape index (κ1) is 16.4. The van der Waals surface area contributed by atoms with Gasteiger partial charge in [0.25, 0.3) is 0 Å². The summed E-state index contributed by atoms with van der Waals surface area (Å²) in [6.45, 7) is 6.44. The fraction of sp³-hybridized carbons (Fsp3) is 0.222. The Morgan fingerprint density at radius 3 is 2.58 bits per heavy atom. The molecular formula is C18H18FN3OS. The van der Waals surface area contributed by atoms with Crippen LogP contribution in [0.1, 0.15) is 25.4 Å². The van der Waals surface area contributed by atoms with Gasteiger partial charge in [0.15, 0.2) is 0 Å². The van der Waals surface area contributed by atoms with E-state index >= 15 is 0 Å². The molecule has 0 aliphatic heterocycles. The minimum absolute atomic E-state index is 0.259. The number of rotatable bonds is 4. The van der Waals surface area contributed by atoms with Gasteiger partial charge in [0.2, 0.25) is 4.80 Å².